The third-order valence-electron chi connectivity index (χ3n) is 3.48. The summed E-state index contributed by atoms with van der Waals surface area (Å²) in [4.78, 5) is 13.4. The molecule has 1 aromatic heterocycles. The molecule has 0 spiro atoms. The predicted octanol–water partition coefficient (Wildman–Crippen LogP) is 2.30. The van der Waals surface area contributed by atoms with Crippen molar-refractivity contribution in [2.75, 3.05) is 23.0 Å². The Hall–Kier alpha value is -2.43. The molecule has 5 nitrogen and oxygen atoms in total. The highest BCUT2D eigenvalue weighted by Crippen LogP contribution is 2.33. The van der Waals surface area contributed by atoms with Crippen molar-refractivity contribution in [3.63, 3.8) is 0 Å². The first kappa shape index (κ1) is 12.6. The molecule has 0 saturated heterocycles. The Bertz CT molecular complexity index is 676. The number of aryl methyl sites for hydroxylation is 1. The number of anilines is 3. The first-order chi connectivity index (χ1) is 9.52. The molecule has 5 heteroatoms. The molecule has 2 aromatic rings. The van der Waals surface area contributed by atoms with Gasteiger partial charge in [0.25, 0.3) is 0 Å². The van der Waals surface area contributed by atoms with Gasteiger partial charge in [0.1, 0.15) is 11.5 Å². The van der Waals surface area contributed by atoms with E-state index in [2.05, 4.69) is 5.32 Å². The van der Waals surface area contributed by atoms with Crippen LogP contribution in [0, 0.1) is 6.92 Å². The van der Waals surface area contributed by atoms with Crippen LogP contribution in [0.25, 0.3) is 0 Å². The number of nitrogens with one attached hydrogen (secondary N) is 1. The Kier molecular flexibility index (Phi) is 2.89. The van der Waals surface area contributed by atoms with Crippen LogP contribution in [-0.4, -0.2) is 13.0 Å². The lowest BCUT2D eigenvalue weighted by Gasteiger charge is -2.21. The molecule has 1 aliphatic heterocycles. The Balaban J connectivity index is 1.86. The van der Waals surface area contributed by atoms with Crippen LogP contribution in [0.15, 0.2) is 28.7 Å². The van der Waals surface area contributed by atoms with Gasteiger partial charge in [-0.05, 0) is 36.8 Å². The van der Waals surface area contributed by atoms with Gasteiger partial charge in [0, 0.05) is 12.7 Å². The number of nitrogen functional groups attached to an aromatic ring is 1. The van der Waals surface area contributed by atoms with Gasteiger partial charge in [0.05, 0.1) is 24.3 Å². The molecule has 0 aliphatic carbocycles. The van der Waals surface area contributed by atoms with Crippen molar-refractivity contribution in [2.45, 2.75) is 19.9 Å². The number of fused-ring (bicyclic) bond motifs is 1. The second-order valence-corrected chi connectivity index (χ2v) is 5.16. The van der Waals surface area contributed by atoms with Crippen LogP contribution in [0.4, 0.5) is 17.1 Å². The van der Waals surface area contributed by atoms with Gasteiger partial charge in [-0.25, -0.2) is 0 Å². The average Bonchev–Trinajstić information content (AvgIpc) is 2.93. The molecule has 1 amide bonds. The van der Waals surface area contributed by atoms with Gasteiger partial charge >= 0.3 is 0 Å². The van der Waals surface area contributed by atoms with E-state index < -0.39 is 0 Å². The summed E-state index contributed by atoms with van der Waals surface area (Å²) in [6, 6.07) is 7.68. The largest absolute Gasteiger partial charge is 0.464 e. The van der Waals surface area contributed by atoms with Crippen molar-refractivity contribution in [1.29, 1.82) is 0 Å². The van der Waals surface area contributed by atoms with Gasteiger partial charge in [-0.15, -0.1) is 0 Å². The van der Waals surface area contributed by atoms with E-state index in [1.165, 1.54) is 0 Å². The standard InChI is InChI=1S/C15H17N3O2/c1-9-3-4-11(20-9)8-18(2)14-7-13-10(5-12(14)16)6-15(19)17-13/h3-5,7H,6,8,16H2,1-2H3,(H,17,19). The first-order valence-corrected chi connectivity index (χ1v) is 6.51. The predicted molar refractivity (Wildman–Crippen MR) is 78.7 cm³/mol. The van der Waals surface area contributed by atoms with E-state index in [9.17, 15) is 4.79 Å². The normalized spacial score (nSPS) is 13.2. The molecule has 0 unspecified atom stereocenters. The second kappa shape index (κ2) is 4.59. The third kappa shape index (κ3) is 2.22. The summed E-state index contributed by atoms with van der Waals surface area (Å²) in [6.45, 7) is 2.55. The summed E-state index contributed by atoms with van der Waals surface area (Å²) in [7, 11) is 1.95. The number of carbonyl (C=O) groups excluding carboxylic acids is 1. The molecule has 3 rings (SSSR count). The summed E-state index contributed by atoms with van der Waals surface area (Å²) < 4.78 is 5.57. The smallest absolute Gasteiger partial charge is 0.228 e. The highest BCUT2D eigenvalue weighted by molar-refractivity contribution is 6.00. The Morgan fingerprint density at radius 3 is 2.90 bits per heavy atom. The van der Waals surface area contributed by atoms with E-state index in [-0.39, 0.29) is 5.91 Å². The highest BCUT2D eigenvalue weighted by atomic mass is 16.3. The Morgan fingerprint density at radius 1 is 1.40 bits per heavy atom. The van der Waals surface area contributed by atoms with Gasteiger partial charge in [-0.3, -0.25) is 4.79 Å². The summed E-state index contributed by atoms with van der Waals surface area (Å²) in [5.74, 6) is 1.79. The molecule has 0 fully saturated rings. The van der Waals surface area contributed by atoms with Crippen molar-refractivity contribution < 1.29 is 9.21 Å². The van der Waals surface area contributed by atoms with Gasteiger partial charge in [0.2, 0.25) is 5.91 Å². The monoisotopic (exact) mass is 271 g/mol. The lowest BCUT2D eigenvalue weighted by atomic mass is 10.1. The number of furan rings is 1. The topological polar surface area (TPSA) is 71.5 Å². The molecule has 20 heavy (non-hydrogen) atoms. The van der Waals surface area contributed by atoms with E-state index in [4.69, 9.17) is 10.2 Å². The first-order valence-electron chi connectivity index (χ1n) is 6.51. The van der Waals surface area contributed by atoms with Crippen LogP contribution in [0.3, 0.4) is 0 Å². The zero-order chi connectivity index (χ0) is 14.3. The van der Waals surface area contributed by atoms with Crippen molar-refractivity contribution in [1.82, 2.24) is 0 Å². The fraction of sp³-hybridized carbons (Fsp3) is 0.267. The molecule has 1 aliphatic rings. The highest BCUT2D eigenvalue weighted by Gasteiger charge is 2.20. The van der Waals surface area contributed by atoms with E-state index in [0.29, 0.717) is 18.7 Å². The van der Waals surface area contributed by atoms with E-state index in [1.807, 2.05) is 43.1 Å². The lowest BCUT2D eigenvalue weighted by molar-refractivity contribution is -0.115. The molecule has 0 bridgehead atoms. The van der Waals surface area contributed by atoms with Gasteiger partial charge in [0.15, 0.2) is 0 Å². The molecule has 0 saturated carbocycles. The minimum Gasteiger partial charge on any atom is -0.464 e. The number of carbonyl (C=O) groups is 1. The van der Waals surface area contributed by atoms with E-state index in [0.717, 1.165) is 28.5 Å². The zero-order valence-electron chi connectivity index (χ0n) is 11.6. The minimum absolute atomic E-state index is 0.0147. The molecule has 0 radical (unpaired) electrons. The van der Waals surface area contributed by atoms with E-state index >= 15 is 0 Å². The van der Waals surface area contributed by atoms with Crippen LogP contribution in [0.1, 0.15) is 17.1 Å². The number of benzene rings is 1. The maximum atomic E-state index is 11.4. The minimum atomic E-state index is 0.0147. The number of hydrogen-bond donors (Lipinski definition) is 2. The molecule has 3 N–H and O–H groups in total. The summed E-state index contributed by atoms with van der Waals surface area (Å²) in [6.07, 6.45) is 0.404. The van der Waals surface area contributed by atoms with Crippen LogP contribution in [0.5, 0.6) is 0 Å². The maximum Gasteiger partial charge on any atom is 0.228 e. The Labute approximate surface area is 117 Å². The molecule has 1 aromatic carbocycles. The van der Waals surface area contributed by atoms with Crippen molar-refractivity contribution >= 4 is 23.0 Å². The lowest BCUT2D eigenvalue weighted by Crippen LogP contribution is -2.17. The summed E-state index contributed by atoms with van der Waals surface area (Å²) in [5.41, 5.74) is 9.45. The number of nitrogens with two attached hydrogens (primary N) is 1. The molecular weight excluding hydrogens is 254 g/mol. The van der Waals surface area contributed by atoms with E-state index in [1.54, 1.807) is 0 Å². The number of nitrogens with zero attached hydrogens (tertiary/aromatic N) is 1. The fourth-order valence-corrected chi connectivity index (χ4v) is 2.50. The number of amides is 1. The zero-order valence-corrected chi connectivity index (χ0v) is 11.6. The molecule has 104 valence electrons. The van der Waals surface area contributed by atoms with Crippen LogP contribution < -0.4 is 16.0 Å². The van der Waals surface area contributed by atoms with Crippen LogP contribution >= 0.6 is 0 Å². The fourth-order valence-electron chi connectivity index (χ4n) is 2.50. The quantitative estimate of drug-likeness (QED) is 0.840. The third-order valence-corrected chi connectivity index (χ3v) is 3.48. The molecule has 2 heterocycles. The van der Waals surface area contributed by atoms with Gasteiger partial charge < -0.3 is 20.4 Å². The maximum absolute atomic E-state index is 11.4. The molecular formula is C15H17N3O2. The average molecular weight is 271 g/mol. The van der Waals surface area contributed by atoms with Gasteiger partial charge in [-0.2, -0.15) is 0 Å². The van der Waals surface area contributed by atoms with Crippen LogP contribution in [0.2, 0.25) is 0 Å². The van der Waals surface area contributed by atoms with Crippen molar-refractivity contribution in [3.8, 4) is 0 Å². The summed E-state index contributed by atoms with van der Waals surface area (Å²) >= 11 is 0. The van der Waals surface area contributed by atoms with Crippen molar-refractivity contribution in [2.24, 2.45) is 0 Å². The van der Waals surface area contributed by atoms with Crippen LogP contribution in [-0.2, 0) is 17.8 Å². The second-order valence-electron chi connectivity index (χ2n) is 5.16. The number of hydrogen-bond acceptors (Lipinski definition) is 4. The van der Waals surface area contributed by atoms with Crippen molar-refractivity contribution in [3.05, 3.63) is 41.3 Å². The molecule has 0 atom stereocenters. The SMILES string of the molecule is Cc1ccc(CN(C)c2cc3c(cc2N)CC(=O)N3)o1. The number of rotatable bonds is 3. The Morgan fingerprint density at radius 2 is 2.20 bits per heavy atom. The van der Waals surface area contributed by atoms with Gasteiger partial charge in [-0.1, -0.05) is 0 Å². The summed E-state index contributed by atoms with van der Waals surface area (Å²) in [5, 5.41) is 2.84.